The Morgan fingerprint density at radius 2 is 2.04 bits per heavy atom. The molecule has 0 aliphatic heterocycles. The molecule has 3 N–H and O–H groups in total. The van der Waals surface area contributed by atoms with E-state index in [1.807, 2.05) is 13.0 Å². The molecule has 130 valence electrons. The number of nitrogens with zero attached hydrogens (tertiary/aromatic N) is 2. The first-order valence-electron chi connectivity index (χ1n) is 7.89. The van der Waals surface area contributed by atoms with Crippen molar-refractivity contribution < 1.29 is 4.79 Å². The molecule has 0 fully saturated rings. The number of rotatable bonds is 4. The molecule has 2 aromatic rings. The molecule has 6 nitrogen and oxygen atoms in total. The molecule has 2 aromatic heterocycles. The third-order valence-electron chi connectivity index (χ3n) is 4.20. The molecule has 2 heterocycles. The van der Waals surface area contributed by atoms with Crippen LogP contribution >= 0.6 is 11.6 Å². The van der Waals surface area contributed by atoms with Crippen LogP contribution in [-0.2, 0) is 6.42 Å². The quantitative estimate of drug-likeness (QED) is 0.703. The Balaban J connectivity index is 1.97. The Kier molecular flexibility index (Phi) is 5.49. The van der Waals surface area contributed by atoms with Crippen molar-refractivity contribution in [2.75, 3.05) is 10.6 Å². The lowest BCUT2D eigenvalue weighted by atomic mass is 9.79. The van der Waals surface area contributed by atoms with Gasteiger partial charge < -0.3 is 5.32 Å². The standard InChI is InChI=1S/C17H24ClN5O/c1-10-9-19-14(18)8-13(10)20-16(24)21-15-7-12(22-23-15)6-11(2)17(3,4)5/h7-9,11H,6H2,1-5H3,(H3,19,20,21,22,23,24). The fourth-order valence-electron chi connectivity index (χ4n) is 2.07. The highest BCUT2D eigenvalue weighted by Crippen LogP contribution is 2.28. The molecule has 0 aromatic carbocycles. The lowest BCUT2D eigenvalue weighted by molar-refractivity contribution is 0.258. The number of aromatic amines is 1. The number of H-pyrrole nitrogens is 1. The summed E-state index contributed by atoms with van der Waals surface area (Å²) in [5.41, 5.74) is 2.66. The predicted octanol–water partition coefficient (Wildman–Crippen LogP) is 4.64. The van der Waals surface area contributed by atoms with Gasteiger partial charge in [0, 0.05) is 23.6 Å². The molecule has 0 radical (unpaired) electrons. The molecular weight excluding hydrogens is 326 g/mol. The van der Waals surface area contributed by atoms with E-state index >= 15 is 0 Å². The van der Waals surface area contributed by atoms with Gasteiger partial charge in [0.2, 0.25) is 0 Å². The number of urea groups is 1. The van der Waals surface area contributed by atoms with Crippen molar-refractivity contribution in [1.29, 1.82) is 0 Å². The molecule has 1 atom stereocenters. The topological polar surface area (TPSA) is 82.7 Å². The van der Waals surface area contributed by atoms with Gasteiger partial charge in [0.15, 0.2) is 5.82 Å². The van der Waals surface area contributed by atoms with Gasteiger partial charge in [-0.05, 0) is 36.3 Å². The monoisotopic (exact) mass is 349 g/mol. The van der Waals surface area contributed by atoms with Crippen LogP contribution in [0.5, 0.6) is 0 Å². The molecular formula is C17H24ClN5O. The molecule has 0 aliphatic carbocycles. The summed E-state index contributed by atoms with van der Waals surface area (Å²) in [4.78, 5) is 16.1. The lowest BCUT2D eigenvalue weighted by Crippen LogP contribution is -2.20. The minimum absolute atomic E-state index is 0.216. The van der Waals surface area contributed by atoms with Crippen LogP contribution in [0.15, 0.2) is 18.3 Å². The molecule has 0 bridgehead atoms. The van der Waals surface area contributed by atoms with Crippen LogP contribution in [0.1, 0.15) is 39.0 Å². The fraction of sp³-hybridized carbons (Fsp3) is 0.471. The van der Waals surface area contributed by atoms with Gasteiger partial charge in [-0.25, -0.2) is 9.78 Å². The van der Waals surface area contributed by atoms with Gasteiger partial charge in [-0.3, -0.25) is 10.4 Å². The van der Waals surface area contributed by atoms with Crippen LogP contribution < -0.4 is 10.6 Å². The molecule has 0 spiro atoms. The molecule has 0 aliphatic rings. The zero-order valence-corrected chi connectivity index (χ0v) is 15.5. The zero-order valence-electron chi connectivity index (χ0n) is 14.7. The Morgan fingerprint density at radius 3 is 2.71 bits per heavy atom. The summed E-state index contributed by atoms with van der Waals surface area (Å²) in [5, 5.41) is 12.9. The second kappa shape index (κ2) is 7.21. The first-order valence-corrected chi connectivity index (χ1v) is 8.27. The van der Waals surface area contributed by atoms with Crippen LogP contribution in [0.25, 0.3) is 0 Å². The van der Waals surface area contributed by atoms with E-state index in [-0.39, 0.29) is 11.4 Å². The van der Waals surface area contributed by atoms with E-state index < -0.39 is 0 Å². The van der Waals surface area contributed by atoms with E-state index in [2.05, 4.69) is 53.5 Å². The van der Waals surface area contributed by atoms with Gasteiger partial charge in [0.25, 0.3) is 0 Å². The van der Waals surface area contributed by atoms with Crippen molar-refractivity contribution in [1.82, 2.24) is 15.2 Å². The number of halogens is 1. The minimum Gasteiger partial charge on any atom is -0.307 e. The molecule has 0 saturated heterocycles. The molecule has 1 unspecified atom stereocenters. The molecule has 0 saturated carbocycles. The van der Waals surface area contributed by atoms with Gasteiger partial charge in [0.05, 0.1) is 0 Å². The molecule has 24 heavy (non-hydrogen) atoms. The van der Waals surface area contributed by atoms with Crippen LogP contribution in [0.4, 0.5) is 16.3 Å². The van der Waals surface area contributed by atoms with Crippen molar-refractivity contribution >= 4 is 29.1 Å². The van der Waals surface area contributed by atoms with Gasteiger partial charge in [-0.2, -0.15) is 5.10 Å². The van der Waals surface area contributed by atoms with E-state index in [4.69, 9.17) is 11.6 Å². The predicted molar refractivity (Wildman–Crippen MR) is 97.5 cm³/mol. The van der Waals surface area contributed by atoms with Crippen molar-refractivity contribution in [2.24, 2.45) is 11.3 Å². The SMILES string of the molecule is Cc1cnc(Cl)cc1NC(=O)Nc1cc(CC(C)C(C)(C)C)[nH]n1. The van der Waals surface area contributed by atoms with E-state index in [0.29, 0.717) is 22.6 Å². The Bertz CT molecular complexity index is 720. The van der Waals surface area contributed by atoms with Crippen molar-refractivity contribution in [3.8, 4) is 0 Å². The number of aromatic nitrogens is 3. The molecule has 2 rings (SSSR count). The average Bonchev–Trinajstić information content (AvgIpc) is 2.89. The van der Waals surface area contributed by atoms with Crippen molar-refractivity contribution in [3.05, 3.63) is 34.7 Å². The van der Waals surface area contributed by atoms with Crippen LogP contribution in [0.2, 0.25) is 5.15 Å². The minimum atomic E-state index is -0.373. The highest BCUT2D eigenvalue weighted by atomic mass is 35.5. The number of amides is 2. The Hall–Kier alpha value is -2.08. The van der Waals surface area contributed by atoms with Gasteiger partial charge in [-0.15, -0.1) is 0 Å². The maximum Gasteiger partial charge on any atom is 0.324 e. The molecule has 2 amide bonds. The normalized spacial score (nSPS) is 12.8. The van der Waals surface area contributed by atoms with E-state index in [0.717, 1.165) is 17.7 Å². The van der Waals surface area contributed by atoms with E-state index in [1.54, 1.807) is 12.3 Å². The summed E-state index contributed by atoms with van der Waals surface area (Å²) in [6.45, 7) is 10.7. The Morgan fingerprint density at radius 1 is 1.33 bits per heavy atom. The number of hydrogen-bond acceptors (Lipinski definition) is 3. The first kappa shape index (κ1) is 18.3. The summed E-state index contributed by atoms with van der Waals surface area (Å²) >= 11 is 5.85. The van der Waals surface area contributed by atoms with E-state index in [1.165, 1.54) is 0 Å². The maximum atomic E-state index is 12.1. The lowest BCUT2D eigenvalue weighted by Gasteiger charge is -2.26. The largest absolute Gasteiger partial charge is 0.324 e. The number of pyridine rings is 1. The van der Waals surface area contributed by atoms with Gasteiger partial charge in [0.1, 0.15) is 5.15 Å². The van der Waals surface area contributed by atoms with Gasteiger partial charge in [-0.1, -0.05) is 39.3 Å². The number of carbonyl (C=O) groups is 1. The van der Waals surface area contributed by atoms with Crippen LogP contribution in [0.3, 0.4) is 0 Å². The van der Waals surface area contributed by atoms with Crippen LogP contribution in [-0.4, -0.2) is 21.2 Å². The summed E-state index contributed by atoms with van der Waals surface area (Å²) in [5.74, 6) is 0.975. The highest BCUT2D eigenvalue weighted by Gasteiger charge is 2.21. The van der Waals surface area contributed by atoms with Crippen molar-refractivity contribution in [2.45, 2.75) is 41.0 Å². The summed E-state index contributed by atoms with van der Waals surface area (Å²) in [6.07, 6.45) is 2.48. The zero-order chi connectivity index (χ0) is 17.9. The number of anilines is 2. The van der Waals surface area contributed by atoms with E-state index in [9.17, 15) is 4.79 Å². The number of hydrogen-bond donors (Lipinski definition) is 3. The third kappa shape index (κ3) is 4.96. The maximum absolute atomic E-state index is 12.1. The Labute approximate surface area is 147 Å². The summed E-state index contributed by atoms with van der Waals surface area (Å²) in [7, 11) is 0. The number of carbonyl (C=O) groups excluding carboxylic acids is 1. The smallest absolute Gasteiger partial charge is 0.307 e. The third-order valence-corrected chi connectivity index (χ3v) is 4.40. The summed E-state index contributed by atoms with van der Waals surface area (Å²) in [6, 6.07) is 3.09. The van der Waals surface area contributed by atoms with Crippen LogP contribution in [0, 0.1) is 18.3 Å². The second-order valence-electron chi connectivity index (χ2n) is 7.15. The fourth-order valence-corrected chi connectivity index (χ4v) is 2.23. The number of aryl methyl sites for hydroxylation is 1. The first-order chi connectivity index (χ1) is 11.1. The second-order valence-corrected chi connectivity index (χ2v) is 7.54. The highest BCUT2D eigenvalue weighted by molar-refractivity contribution is 6.29. The molecule has 7 heteroatoms. The average molecular weight is 350 g/mol. The summed E-state index contributed by atoms with van der Waals surface area (Å²) < 4.78 is 0. The van der Waals surface area contributed by atoms with Gasteiger partial charge >= 0.3 is 6.03 Å². The van der Waals surface area contributed by atoms with Crippen molar-refractivity contribution in [3.63, 3.8) is 0 Å². The number of nitrogens with one attached hydrogen (secondary N) is 3.